The number of benzene rings is 1. The minimum Gasteiger partial charge on any atom is -0.497 e. The van der Waals surface area contributed by atoms with Gasteiger partial charge in [-0.3, -0.25) is 4.79 Å². The smallest absolute Gasteiger partial charge is 0.219 e. The number of ether oxygens (including phenoxy) is 1. The van der Waals surface area contributed by atoms with Crippen molar-refractivity contribution in [3.05, 3.63) is 29.8 Å². The first-order valence-corrected chi connectivity index (χ1v) is 9.06. The summed E-state index contributed by atoms with van der Waals surface area (Å²) in [4.78, 5) is 11.2. The Labute approximate surface area is 132 Å². The van der Waals surface area contributed by atoms with Gasteiger partial charge in [-0.2, -0.15) is 0 Å². The summed E-state index contributed by atoms with van der Waals surface area (Å²) in [7, 11) is -1.71. The highest BCUT2D eigenvalue weighted by molar-refractivity contribution is 7.88. The first-order valence-electron chi connectivity index (χ1n) is 7.21. The van der Waals surface area contributed by atoms with Crippen LogP contribution in [0.25, 0.3) is 0 Å². The number of rotatable bonds is 9. The fraction of sp³-hybridized carbons (Fsp3) is 0.533. The maximum atomic E-state index is 11.8. The quantitative estimate of drug-likeness (QED) is 0.734. The maximum Gasteiger partial charge on any atom is 0.219 e. The molecule has 1 amide bonds. The lowest BCUT2D eigenvalue weighted by molar-refractivity contribution is -0.120. The van der Waals surface area contributed by atoms with Gasteiger partial charge in [0.05, 0.1) is 13.4 Å². The third-order valence-electron chi connectivity index (χ3n) is 3.26. The summed E-state index contributed by atoms with van der Waals surface area (Å²) in [5, 5.41) is 2.69. The largest absolute Gasteiger partial charge is 0.497 e. The van der Waals surface area contributed by atoms with Gasteiger partial charge >= 0.3 is 0 Å². The summed E-state index contributed by atoms with van der Waals surface area (Å²) < 4.78 is 30.1. The van der Waals surface area contributed by atoms with Crippen LogP contribution in [0.15, 0.2) is 24.3 Å². The van der Waals surface area contributed by atoms with E-state index in [1.807, 2.05) is 24.3 Å². The Hall–Kier alpha value is -1.60. The number of nitrogens with zero attached hydrogens (tertiary/aromatic N) is 1. The Morgan fingerprint density at radius 1 is 1.32 bits per heavy atom. The first-order chi connectivity index (χ1) is 10.4. The molecule has 0 bridgehead atoms. The molecule has 1 aromatic carbocycles. The molecule has 0 unspecified atom stereocenters. The van der Waals surface area contributed by atoms with Crippen LogP contribution in [0.2, 0.25) is 0 Å². The highest BCUT2D eigenvalue weighted by Gasteiger charge is 2.16. The summed E-state index contributed by atoms with van der Waals surface area (Å²) >= 11 is 0. The lowest BCUT2D eigenvalue weighted by Crippen LogP contribution is -2.39. The number of hydrogen-bond acceptors (Lipinski definition) is 4. The number of sulfonamides is 1. The minimum absolute atomic E-state index is 0.0822. The Bertz CT molecular complexity index is 587. The fourth-order valence-electron chi connectivity index (χ4n) is 1.97. The van der Waals surface area contributed by atoms with E-state index in [1.165, 1.54) is 10.6 Å². The lowest BCUT2D eigenvalue weighted by atomic mass is 10.1. The van der Waals surface area contributed by atoms with Crippen LogP contribution in [0.3, 0.4) is 0 Å². The van der Waals surface area contributed by atoms with E-state index >= 15 is 0 Å². The van der Waals surface area contributed by atoms with Crippen LogP contribution < -0.4 is 10.1 Å². The molecule has 0 heterocycles. The van der Waals surface area contributed by atoms with Crippen molar-refractivity contribution in [1.82, 2.24) is 9.62 Å². The van der Waals surface area contributed by atoms with E-state index in [-0.39, 0.29) is 12.5 Å². The van der Waals surface area contributed by atoms with Gasteiger partial charge in [-0.05, 0) is 24.1 Å². The van der Waals surface area contributed by atoms with Gasteiger partial charge in [0.2, 0.25) is 15.9 Å². The molecule has 0 aliphatic rings. The highest BCUT2D eigenvalue weighted by Crippen LogP contribution is 2.13. The standard InChI is InChI=1S/C15H24N2O4S/c1-4-15(18)16-9-11-17(22(3,19)20)10-8-13-6-5-7-14(12-13)21-2/h5-7,12H,4,8-11H2,1-3H3,(H,16,18). The van der Waals surface area contributed by atoms with Gasteiger partial charge in [0.15, 0.2) is 0 Å². The normalized spacial score (nSPS) is 11.5. The van der Waals surface area contributed by atoms with E-state index < -0.39 is 10.0 Å². The van der Waals surface area contributed by atoms with Crippen LogP contribution in [-0.4, -0.2) is 51.6 Å². The average molecular weight is 328 g/mol. The molecule has 7 heteroatoms. The molecular weight excluding hydrogens is 304 g/mol. The zero-order chi connectivity index (χ0) is 16.6. The molecule has 6 nitrogen and oxygen atoms in total. The summed E-state index contributed by atoms with van der Waals surface area (Å²) in [6.07, 6.45) is 2.16. The van der Waals surface area contributed by atoms with Gasteiger partial charge in [0.1, 0.15) is 5.75 Å². The van der Waals surface area contributed by atoms with E-state index in [4.69, 9.17) is 4.74 Å². The molecule has 0 atom stereocenters. The van der Waals surface area contributed by atoms with Crippen LogP contribution in [0, 0.1) is 0 Å². The Morgan fingerprint density at radius 2 is 2.05 bits per heavy atom. The summed E-state index contributed by atoms with van der Waals surface area (Å²) in [5.41, 5.74) is 1.01. The molecular formula is C15H24N2O4S. The molecule has 1 aromatic rings. The molecule has 0 saturated heterocycles. The van der Waals surface area contributed by atoms with Gasteiger partial charge in [-0.25, -0.2) is 12.7 Å². The summed E-state index contributed by atoms with van der Waals surface area (Å²) in [6, 6.07) is 7.54. The molecule has 1 N–H and O–H groups in total. The number of nitrogens with one attached hydrogen (secondary N) is 1. The predicted molar refractivity (Wildman–Crippen MR) is 86.4 cm³/mol. The molecule has 0 aliphatic heterocycles. The number of amides is 1. The third kappa shape index (κ3) is 6.44. The van der Waals surface area contributed by atoms with E-state index in [0.29, 0.717) is 25.9 Å². The van der Waals surface area contributed by atoms with Crippen molar-refractivity contribution in [2.75, 3.05) is 33.0 Å². The van der Waals surface area contributed by atoms with Crippen molar-refractivity contribution >= 4 is 15.9 Å². The van der Waals surface area contributed by atoms with Gasteiger partial charge in [0, 0.05) is 26.1 Å². The molecule has 0 spiro atoms. The van der Waals surface area contributed by atoms with Crippen LogP contribution >= 0.6 is 0 Å². The van der Waals surface area contributed by atoms with Crippen LogP contribution in [0.5, 0.6) is 5.75 Å². The number of carbonyl (C=O) groups is 1. The van der Waals surface area contributed by atoms with Gasteiger partial charge in [0.25, 0.3) is 0 Å². The molecule has 22 heavy (non-hydrogen) atoms. The van der Waals surface area contributed by atoms with Gasteiger partial charge in [-0.15, -0.1) is 0 Å². The van der Waals surface area contributed by atoms with E-state index in [1.54, 1.807) is 14.0 Å². The lowest BCUT2D eigenvalue weighted by Gasteiger charge is -2.20. The second-order valence-corrected chi connectivity index (χ2v) is 6.95. The van der Waals surface area contributed by atoms with Crippen molar-refractivity contribution in [2.45, 2.75) is 19.8 Å². The van der Waals surface area contributed by atoms with Crippen molar-refractivity contribution < 1.29 is 17.9 Å². The molecule has 0 saturated carbocycles. The molecule has 0 aliphatic carbocycles. The molecule has 0 aromatic heterocycles. The van der Waals surface area contributed by atoms with Crippen LogP contribution in [-0.2, 0) is 21.2 Å². The van der Waals surface area contributed by atoms with Gasteiger partial charge < -0.3 is 10.1 Å². The van der Waals surface area contributed by atoms with E-state index in [9.17, 15) is 13.2 Å². The van der Waals surface area contributed by atoms with Crippen LogP contribution in [0.4, 0.5) is 0 Å². The van der Waals surface area contributed by atoms with Crippen molar-refractivity contribution in [3.8, 4) is 5.75 Å². The predicted octanol–water partition coefficient (Wildman–Crippen LogP) is 1.03. The first kappa shape index (κ1) is 18.4. The Balaban J connectivity index is 2.60. The van der Waals surface area contributed by atoms with Gasteiger partial charge in [-0.1, -0.05) is 19.1 Å². The van der Waals surface area contributed by atoms with Crippen molar-refractivity contribution in [3.63, 3.8) is 0 Å². The third-order valence-corrected chi connectivity index (χ3v) is 4.56. The number of carbonyl (C=O) groups excluding carboxylic acids is 1. The maximum absolute atomic E-state index is 11.8. The van der Waals surface area contributed by atoms with Crippen molar-refractivity contribution in [1.29, 1.82) is 0 Å². The molecule has 1 rings (SSSR count). The number of methoxy groups -OCH3 is 1. The zero-order valence-electron chi connectivity index (χ0n) is 13.3. The second-order valence-electron chi connectivity index (χ2n) is 4.97. The SMILES string of the molecule is CCC(=O)NCCN(CCc1cccc(OC)c1)S(C)(=O)=O. The molecule has 124 valence electrons. The van der Waals surface area contributed by atoms with E-state index in [0.717, 1.165) is 11.3 Å². The Morgan fingerprint density at radius 3 is 2.64 bits per heavy atom. The molecule has 0 radical (unpaired) electrons. The topological polar surface area (TPSA) is 75.7 Å². The fourth-order valence-corrected chi connectivity index (χ4v) is 2.82. The molecule has 0 fully saturated rings. The van der Waals surface area contributed by atoms with Crippen molar-refractivity contribution in [2.24, 2.45) is 0 Å². The van der Waals surface area contributed by atoms with Crippen LogP contribution in [0.1, 0.15) is 18.9 Å². The zero-order valence-corrected chi connectivity index (χ0v) is 14.1. The van der Waals surface area contributed by atoms with E-state index in [2.05, 4.69) is 5.32 Å². The average Bonchev–Trinajstić information content (AvgIpc) is 2.49. The second kappa shape index (κ2) is 8.75. The monoisotopic (exact) mass is 328 g/mol. The summed E-state index contributed by atoms with van der Waals surface area (Å²) in [5.74, 6) is 0.667. The number of hydrogen-bond donors (Lipinski definition) is 1. The highest BCUT2D eigenvalue weighted by atomic mass is 32.2. The Kier molecular flexibility index (Phi) is 7.34. The summed E-state index contributed by atoms with van der Waals surface area (Å²) in [6.45, 7) is 2.72. The minimum atomic E-state index is -3.30.